The number of pyridine rings is 1. The number of aryl methyl sites for hydroxylation is 3. The summed E-state index contributed by atoms with van der Waals surface area (Å²) >= 11 is 3.20. The zero-order valence-corrected chi connectivity index (χ0v) is 16.6. The summed E-state index contributed by atoms with van der Waals surface area (Å²) in [6, 6.07) is 17.6. The van der Waals surface area contributed by atoms with Crippen LogP contribution in [-0.2, 0) is 0 Å². The molecule has 3 nitrogen and oxygen atoms in total. The van der Waals surface area contributed by atoms with Gasteiger partial charge in [0.05, 0.1) is 11.0 Å². The first kappa shape index (κ1) is 18.3. The molecule has 1 aromatic heterocycles. The van der Waals surface area contributed by atoms with Gasteiger partial charge in [-0.1, -0.05) is 22.0 Å². The number of Topliss-reactive ketones (excluding diaryl/α,β-unsaturated/α-hetero) is 1. The Labute approximate surface area is 162 Å². The molecule has 0 atom stereocenters. The second-order valence-electron chi connectivity index (χ2n) is 6.26. The number of hydrogen-bond donors (Lipinski definition) is 0. The third kappa shape index (κ3) is 4.02. The second kappa shape index (κ2) is 7.83. The molecule has 0 saturated carbocycles. The number of ether oxygens (including phenoxy) is 1. The molecule has 0 unspecified atom stereocenters. The van der Waals surface area contributed by atoms with Gasteiger partial charge in [0.2, 0.25) is 0 Å². The average Bonchev–Trinajstić information content (AvgIpc) is 2.64. The van der Waals surface area contributed by atoms with E-state index in [4.69, 9.17) is 4.74 Å². The first-order valence-corrected chi connectivity index (χ1v) is 9.52. The summed E-state index contributed by atoms with van der Waals surface area (Å²) in [6.45, 7) is 6.01. The van der Waals surface area contributed by atoms with Crippen LogP contribution >= 0.6 is 15.9 Å². The highest BCUT2D eigenvalue weighted by molar-refractivity contribution is 9.09. The summed E-state index contributed by atoms with van der Waals surface area (Å²) < 4.78 is 5.92. The van der Waals surface area contributed by atoms with Crippen LogP contribution < -0.4 is 4.74 Å². The van der Waals surface area contributed by atoms with E-state index in [1.165, 1.54) is 11.1 Å². The molecule has 3 rings (SSSR count). The molecule has 26 heavy (non-hydrogen) atoms. The van der Waals surface area contributed by atoms with Crippen LogP contribution in [0.3, 0.4) is 0 Å². The molecular weight excluding hydrogens is 390 g/mol. The molecule has 0 aliphatic carbocycles. The van der Waals surface area contributed by atoms with Gasteiger partial charge in [0.15, 0.2) is 5.78 Å². The van der Waals surface area contributed by atoms with Crippen molar-refractivity contribution in [1.29, 1.82) is 0 Å². The van der Waals surface area contributed by atoms with Gasteiger partial charge < -0.3 is 4.74 Å². The van der Waals surface area contributed by atoms with E-state index in [2.05, 4.69) is 40.8 Å². The molecule has 132 valence electrons. The summed E-state index contributed by atoms with van der Waals surface area (Å²) in [4.78, 5) is 16.4. The van der Waals surface area contributed by atoms with Crippen LogP contribution in [0.4, 0.5) is 0 Å². The highest BCUT2D eigenvalue weighted by atomic mass is 79.9. The normalized spacial score (nSPS) is 10.6. The maximum absolute atomic E-state index is 11.8. The number of hydrogen-bond acceptors (Lipinski definition) is 3. The Morgan fingerprint density at radius 1 is 0.923 bits per heavy atom. The fourth-order valence-electron chi connectivity index (χ4n) is 2.70. The predicted molar refractivity (Wildman–Crippen MR) is 109 cm³/mol. The van der Waals surface area contributed by atoms with Crippen LogP contribution in [-0.4, -0.2) is 16.1 Å². The first-order chi connectivity index (χ1) is 12.5. The lowest BCUT2D eigenvalue weighted by Crippen LogP contribution is -2.04. The van der Waals surface area contributed by atoms with Crippen molar-refractivity contribution in [3.63, 3.8) is 0 Å². The maximum atomic E-state index is 11.8. The van der Waals surface area contributed by atoms with Crippen molar-refractivity contribution in [3.05, 3.63) is 77.0 Å². The number of benzene rings is 2. The molecule has 0 bridgehead atoms. The number of aromatic nitrogens is 1. The van der Waals surface area contributed by atoms with E-state index in [1.54, 1.807) is 0 Å². The van der Waals surface area contributed by atoms with E-state index < -0.39 is 0 Å². The van der Waals surface area contributed by atoms with Gasteiger partial charge >= 0.3 is 0 Å². The first-order valence-electron chi connectivity index (χ1n) is 8.40. The number of ketones is 1. The lowest BCUT2D eigenvalue weighted by Gasteiger charge is -2.09. The Morgan fingerprint density at radius 2 is 1.62 bits per heavy atom. The van der Waals surface area contributed by atoms with Crippen molar-refractivity contribution in [1.82, 2.24) is 4.98 Å². The second-order valence-corrected chi connectivity index (χ2v) is 6.82. The molecular formula is C22H20BrNO2. The smallest absolute Gasteiger partial charge is 0.175 e. The average molecular weight is 410 g/mol. The maximum Gasteiger partial charge on any atom is 0.175 e. The number of halogens is 1. The number of carbonyl (C=O) groups excluding carboxylic acids is 1. The fraction of sp³-hybridized carbons (Fsp3) is 0.182. The van der Waals surface area contributed by atoms with E-state index in [-0.39, 0.29) is 5.78 Å². The topological polar surface area (TPSA) is 39.2 Å². The van der Waals surface area contributed by atoms with Crippen LogP contribution in [0, 0.1) is 20.8 Å². The van der Waals surface area contributed by atoms with Crippen LogP contribution in [0.5, 0.6) is 11.5 Å². The largest absolute Gasteiger partial charge is 0.457 e. The van der Waals surface area contributed by atoms with E-state index in [0.29, 0.717) is 10.9 Å². The minimum absolute atomic E-state index is 0.0405. The highest BCUT2D eigenvalue weighted by Gasteiger charge is 2.10. The van der Waals surface area contributed by atoms with Crippen molar-refractivity contribution < 1.29 is 9.53 Å². The third-order valence-corrected chi connectivity index (χ3v) is 4.88. The van der Waals surface area contributed by atoms with Crippen molar-refractivity contribution >= 4 is 21.7 Å². The van der Waals surface area contributed by atoms with Gasteiger partial charge in [0.25, 0.3) is 0 Å². The van der Waals surface area contributed by atoms with Gasteiger partial charge in [0.1, 0.15) is 11.5 Å². The summed E-state index contributed by atoms with van der Waals surface area (Å²) in [5.74, 6) is 1.64. The summed E-state index contributed by atoms with van der Waals surface area (Å²) in [6.07, 6.45) is 0. The Kier molecular flexibility index (Phi) is 5.52. The van der Waals surface area contributed by atoms with Crippen molar-refractivity contribution in [2.75, 3.05) is 5.33 Å². The van der Waals surface area contributed by atoms with Crippen molar-refractivity contribution in [2.45, 2.75) is 20.8 Å². The third-order valence-electron chi connectivity index (χ3n) is 4.37. The molecule has 2 aromatic carbocycles. The molecule has 0 aliphatic rings. The van der Waals surface area contributed by atoms with Crippen molar-refractivity contribution in [3.8, 4) is 22.8 Å². The Morgan fingerprint density at radius 3 is 2.23 bits per heavy atom. The standard InChI is InChI=1S/C22H20BrNO2/c1-14-4-7-19(12-15(14)2)26-18-8-5-17(6-9-18)21-11-10-20(16(3)24-21)22(25)13-23/h4-12H,13H2,1-3H3. The summed E-state index contributed by atoms with van der Waals surface area (Å²) in [5, 5.41) is 0.305. The van der Waals surface area contributed by atoms with Gasteiger partial charge in [-0.05, 0) is 80.4 Å². The van der Waals surface area contributed by atoms with Gasteiger partial charge in [-0.3, -0.25) is 9.78 Å². The van der Waals surface area contributed by atoms with Gasteiger partial charge in [-0.2, -0.15) is 0 Å². The number of alkyl halides is 1. The Balaban J connectivity index is 1.80. The zero-order valence-electron chi connectivity index (χ0n) is 15.0. The van der Waals surface area contributed by atoms with E-state index >= 15 is 0 Å². The quantitative estimate of drug-likeness (QED) is 0.380. The molecule has 0 aliphatic heterocycles. The SMILES string of the molecule is Cc1ccc(Oc2ccc(-c3ccc(C(=O)CBr)c(C)n3)cc2)cc1C. The van der Waals surface area contributed by atoms with Crippen LogP contribution in [0.2, 0.25) is 0 Å². The molecule has 0 saturated heterocycles. The number of rotatable bonds is 5. The highest BCUT2D eigenvalue weighted by Crippen LogP contribution is 2.27. The molecule has 4 heteroatoms. The lowest BCUT2D eigenvalue weighted by atomic mass is 10.1. The van der Waals surface area contributed by atoms with Crippen LogP contribution in [0.15, 0.2) is 54.6 Å². The van der Waals surface area contributed by atoms with Gasteiger partial charge in [-0.15, -0.1) is 0 Å². The molecule has 0 fully saturated rings. The van der Waals surface area contributed by atoms with E-state index in [0.717, 1.165) is 28.5 Å². The molecule has 3 aromatic rings. The van der Waals surface area contributed by atoms with E-state index in [9.17, 15) is 4.79 Å². The number of nitrogens with zero attached hydrogens (tertiary/aromatic N) is 1. The molecule has 0 amide bonds. The van der Waals surface area contributed by atoms with Gasteiger partial charge in [0, 0.05) is 16.8 Å². The molecule has 1 heterocycles. The summed E-state index contributed by atoms with van der Waals surface area (Å²) in [7, 11) is 0. The van der Waals surface area contributed by atoms with Crippen LogP contribution in [0.25, 0.3) is 11.3 Å². The molecule has 0 spiro atoms. The fourth-order valence-corrected chi connectivity index (χ4v) is 3.00. The number of carbonyl (C=O) groups is 1. The van der Waals surface area contributed by atoms with E-state index in [1.807, 2.05) is 55.5 Å². The summed E-state index contributed by atoms with van der Waals surface area (Å²) in [5.41, 5.74) is 5.67. The molecule has 0 N–H and O–H groups in total. The van der Waals surface area contributed by atoms with Crippen LogP contribution in [0.1, 0.15) is 27.2 Å². The minimum atomic E-state index is 0.0405. The monoisotopic (exact) mass is 409 g/mol. The zero-order chi connectivity index (χ0) is 18.7. The molecule has 0 radical (unpaired) electrons. The van der Waals surface area contributed by atoms with Gasteiger partial charge in [-0.25, -0.2) is 0 Å². The van der Waals surface area contributed by atoms with Crippen molar-refractivity contribution in [2.24, 2.45) is 0 Å². The Hall–Kier alpha value is -2.46. The predicted octanol–water partition coefficient (Wildman–Crippen LogP) is 6.04. The Bertz CT molecular complexity index is 949. The minimum Gasteiger partial charge on any atom is -0.457 e. The lowest BCUT2D eigenvalue weighted by molar-refractivity contribution is 0.102.